The molecule has 4 aromatic rings. The van der Waals surface area contributed by atoms with E-state index in [-0.39, 0.29) is 0 Å². The first-order valence-electron chi connectivity index (χ1n) is 16.5. The molecule has 240 valence electrons. The summed E-state index contributed by atoms with van der Waals surface area (Å²) in [5.74, 6) is 0. The second kappa shape index (κ2) is 17.0. The molecule has 0 saturated carbocycles. The van der Waals surface area contributed by atoms with Gasteiger partial charge in [0, 0.05) is 0 Å². The average Bonchev–Trinajstić information content (AvgIpc) is 3.03. The van der Waals surface area contributed by atoms with E-state index in [1.54, 1.807) is 0 Å². The predicted octanol–water partition coefficient (Wildman–Crippen LogP) is 3.86. The molecule has 0 unspecified atom stereocenters. The maximum atomic E-state index is 2.47. The molecule has 0 amide bonds. The summed E-state index contributed by atoms with van der Waals surface area (Å²) in [5, 5.41) is 0. The van der Waals surface area contributed by atoms with Crippen LogP contribution in [0.2, 0.25) is 0 Å². The van der Waals surface area contributed by atoms with E-state index in [4.69, 9.17) is 0 Å². The third-order valence-electron chi connectivity index (χ3n) is 8.94. The van der Waals surface area contributed by atoms with Crippen LogP contribution in [0.5, 0.6) is 0 Å². The second-order valence-corrected chi connectivity index (χ2v) is 23.1. The third-order valence-corrected chi connectivity index (χ3v) is 20.7. The molecule has 4 rings (SSSR count). The van der Waals surface area contributed by atoms with Crippen LogP contribution >= 0.6 is 0 Å². The van der Waals surface area contributed by atoms with Gasteiger partial charge in [0.15, 0.2) is 0 Å². The van der Waals surface area contributed by atoms with Crippen LogP contribution in [0, 0.1) is 0 Å². The van der Waals surface area contributed by atoms with Gasteiger partial charge in [-0.3, -0.25) is 0 Å². The van der Waals surface area contributed by atoms with Gasteiger partial charge in [-0.25, -0.2) is 0 Å². The Bertz CT molecular complexity index is 1200. The summed E-state index contributed by atoms with van der Waals surface area (Å²) in [7, 11) is 17.2. The van der Waals surface area contributed by atoms with Gasteiger partial charge >= 0.3 is 281 Å². The summed E-state index contributed by atoms with van der Waals surface area (Å²) in [6, 6.07) is 39.0. The fourth-order valence-electron chi connectivity index (χ4n) is 6.10. The number of benzene rings is 4. The molecule has 0 radical (unpaired) electrons. The Labute approximate surface area is 279 Å². The molecule has 45 heavy (non-hydrogen) atoms. The quantitative estimate of drug-likeness (QED) is 0.178. The average molecular weight is 684 g/mol. The number of hydrogen-bond acceptors (Lipinski definition) is 4. The van der Waals surface area contributed by atoms with Crippen molar-refractivity contribution < 1.29 is 20.3 Å². The van der Waals surface area contributed by atoms with Crippen molar-refractivity contribution in [2.75, 3.05) is 82.6 Å². The Morgan fingerprint density at radius 1 is 0.311 bits per heavy atom. The first-order valence-corrected chi connectivity index (χ1v) is 21.5. The molecule has 5 heteroatoms. The molecule has 4 aromatic carbocycles. The summed E-state index contributed by atoms with van der Waals surface area (Å²) in [5.41, 5.74) is 5.63. The van der Waals surface area contributed by atoms with E-state index in [0.717, 1.165) is 51.9 Å². The van der Waals surface area contributed by atoms with Crippen LogP contribution in [0.1, 0.15) is 22.3 Å². The Morgan fingerprint density at radius 2 is 0.489 bits per heavy atom. The standard InChI is InChI=1S/4C10H14N.Zr/c4*1-11(2)9-8-10-6-4-3-5-7-10;/h4*4-7H,8-9H2,1-2H3;. The van der Waals surface area contributed by atoms with Crippen LogP contribution in [0.15, 0.2) is 97.1 Å². The van der Waals surface area contributed by atoms with Gasteiger partial charge in [0.1, 0.15) is 0 Å². The van der Waals surface area contributed by atoms with E-state index >= 15 is 0 Å². The SMILES string of the molecule is CN(C)CCc1cc[c]([Zr]([c]2ccc(CCN(C)C)cc2)([c]2ccc(CCN(C)C)cc2)[c]2ccc(CCN(C)C)cc2)cc1. The fraction of sp³-hybridized carbons (Fsp3) is 0.400. The van der Waals surface area contributed by atoms with Crippen LogP contribution in [-0.4, -0.2) is 102 Å². The zero-order valence-corrected chi connectivity index (χ0v) is 31.6. The molecule has 0 spiro atoms. The number of rotatable bonds is 16. The first-order chi connectivity index (χ1) is 21.6. The summed E-state index contributed by atoms with van der Waals surface area (Å²) < 4.78 is 6.06. The molecule has 0 fully saturated rings. The number of hydrogen-bond donors (Lipinski definition) is 0. The van der Waals surface area contributed by atoms with Crippen LogP contribution in [-0.2, 0) is 45.9 Å². The van der Waals surface area contributed by atoms with Gasteiger partial charge in [0.05, 0.1) is 0 Å². The molecule has 0 aliphatic heterocycles. The van der Waals surface area contributed by atoms with E-state index in [1.807, 2.05) is 0 Å². The van der Waals surface area contributed by atoms with Gasteiger partial charge in [0.25, 0.3) is 0 Å². The van der Waals surface area contributed by atoms with Gasteiger partial charge in [-0.15, -0.1) is 0 Å². The van der Waals surface area contributed by atoms with Crippen LogP contribution in [0.4, 0.5) is 0 Å². The van der Waals surface area contributed by atoms with Crippen molar-refractivity contribution in [3.63, 3.8) is 0 Å². The molecule has 0 bridgehead atoms. The number of likely N-dealkylation sites (N-methyl/N-ethyl adjacent to an activating group) is 4. The summed E-state index contributed by atoms with van der Waals surface area (Å²) in [6.45, 7) is 4.24. The van der Waals surface area contributed by atoms with Crippen molar-refractivity contribution in [2.24, 2.45) is 0 Å². The van der Waals surface area contributed by atoms with E-state index in [1.165, 1.54) is 35.3 Å². The van der Waals surface area contributed by atoms with Crippen molar-refractivity contribution in [3.8, 4) is 0 Å². The summed E-state index contributed by atoms with van der Waals surface area (Å²) in [4.78, 5) is 9.08. The number of nitrogens with zero attached hydrogens (tertiary/aromatic N) is 4. The molecule has 0 N–H and O–H groups in total. The van der Waals surface area contributed by atoms with Crippen molar-refractivity contribution in [3.05, 3.63) is 119 Å². The Balaban J connectivity index is 1.89. The Hall–Kier alpha value is -2.40. The van der Waals surface area contributed by atoms with Gasteiger partial charge < -0.3 is 0 Å². The predicted molar refractivity (Wildman–Crippen MR) is 193 cm³/mol. The van der Waals surface area contributed by atoms with Gasteiger partial charge in [-0.2, -0.15) is 0 Å². The zero-order chi connectivity index (χ0) is 32.4. The Morgan fingerprint density at radius 3 is 0.644 bits per heavy atom. The molecular weight excluding hydrogens is 628 g/mol. The van der Waals surface area contributed by atoms with Crippen LogP contribution < -0.4 is 13.1 Å². The maximum absolute atomic E-state index is 3.72. The first kappa shape index (κ1) is 35.5. The van der Waals surface area contributed by atoms with E-state index in [2.05, 4.69) is 173 Å². The second-order valence-electron chi connectivity index (χ2n) is 13.8. The summed E-state index contributed by atoms with van der Waals surface area (Å²) >= 11 is -3.72. The molecular formula is C40H56N4Zr. The molecule has 4 nitrogen and oxygen atoms in total. The van der Waals surface area contributed by atoms with E-state index < -0.39 is 20.3 Å². The monoisotopic (exact) mass is 682 g/mol. The minimum atomic E-state index is -3.72. The van der Waals surface area contributed by atoms with Crippen LogP contribution in [0.25, 0.3) is 0 Å². The molecule has 0 atom stereocenters. The third kappa shape index (κ3) is 9.80. The molecule has 0 saturated heterocycles. The van der Waals surface area contributed by atoms with Crippen molar-refractivity contribution in [2.45, 2.75) is 25.7 Å². The molecule has 0 heterocycles. The van der Waals surface area contributed by atoms with Crippen molar-refractivity contribution in [1.29, 1.82) is 0 Å². The van der Waals surface area contributed by atoms with E-state index in [9.17, 15) is 0 Å². The van der Waals surface area contributed by atoms with Gasteiger partial charge in [-0.05, 0) is 0 Å². The van der Waals surface area contributed by atoms with Crippen LogP contribution in [0.3, 0.4) is 0 Å². The topological polar surface area (TPSA) is 13.0 Å². The normalized spacial score (nSPS) is 12.2. The van der Waals surface area contributed by atoms with Crippen molar-refractivity contribution in [1.82, 2.24) is 19.6 Å². The molecule has 0 aromatic heterocycles. The van der Waals surface area contributed by atoms with Crippen molar-refractivity contribution >= 4 is 13.1 Å². The van der Waals surface area contributed by atoms with Gasteiger partial charge in [-0.1, -0.05) is 0 Å². The molecule has 0 aliphatic carbocycles. The molecule has 0 aliphatic rings. The fourth-order valence-corrected chi connectivity index (χ4v) is 17.6. The van der Waals surface area contributed by atoms with Gasteiger partial charge in [0.2, 0.25) is 0 Å². The minimum absolute atomic E-state index is 1.06. The van der Waals surface area contributed by atoms with E-state index in [0.29, 0.717) is 0 Å². The Kier molecular flexibility index (Phi) is 13.4. The summed E-state index contributed by atoms with van der Waals surface area (Å²) in [6.07, 6.45) is 4.27. The zero-order valence-electron chi connectivity index (χ0n) is 29.2.